The van der Waals surface area contributed by atoms with E-state index in [1.807, 2.05) is 24.3 Å². The van der Waals surface area contributed by atoms with Gasteiger partial charge in [0.15, 0.2) is 5.58 Å². The zero-order valence-corrected chi connectivity index (χ0v) is 9.85. The molecule has 4 heteroatoms. The van der Waals surface area contributed by atoms with Crippen LogP contribution in [0.2, 0.25) is 0 Å². The number of para-hydroxylation sites is 2. The first-order valence-electron chi connectivity index (χ1n) is 6.24. The fourth-order valence-electron chi connectivity index (χ4n) is 2.28. The fourth-order valence-corrected chi connectivity index (χ4v) is 2.28. The molecule has 0 saturated carbocycles. The van der Waals surface area contributed by atoms with E-state index in [-0.39, 0.29) is 0 Å². The Morgan fingerprint density at radius 3 is 2.88 bits per heavy atom. The lowest BCUT2D eigenvalue weighted by molar-refractivity contribution is 0.351. The molecule has 0 amide bonds. The smallest absolute Gasteiger partial charge is 0.295 e. The predicted molar refractivity (Wildman–Crippen MR) is 68.2 cm³/mol. The van der Waals surface area contributed by atoms with Crippen LogP contribution in [0.5, 0.6) is 0 Å². The number of benzene rings is 1. The highest BCUT2D eigenvalue weighted by Crippen LogP contribution is 2.17. The molecule has 1 aromatic carbocycles. The molecule has 0 unspecified atom stereocenters. The van der Waals surface area contributed by atoms with E-state index in [1.54, 1.807) is 0 Å². The second-order valence-corrected chi connectivity index (χ2v) is 4.46. The Morgan fingerprint density at radius 1 is 1.24 bits per heavy atom. The lowest BCUT2D eigenvalue weighted by Crippen LogP contribution is -2.25. The normalized spacial score (nSPS) is 16.7. The van der Waals surface area contributed by atoms with Crippen LogP contribution in [-0.2, 0) is 0 Å². The Hall–Kier alpha value is -1.55. The third-order valence-electron chi connectivity index (χ3n) is 3.20. The Balaban J connectivity index is 1.57. The molecule has 1 fully saturated rings. The van der Waals surface area contributed by atoms with Gasteiger partial charge in [-0.1, -0.05) is 12.1 Å². The van der Waals surface area contributed by atoms with Crippen molar-refractivity contribution < 1.29 is 4.42 Å². The van der Waals surface area contributed by atoms with Gasteiger partial charge in [-0.15, -0.1) is 0 Å². The van der Waals surface area contributed by atoms with Gasteiger partial charge in [0.1, 0.15) is 5.52 Å². The Bertz CT molecular complexity index is 455. The summed E-state index contributed by atoms with van der Waals surface area (Å²) < 4.78 is 5.59. The first-order valence-corrected chi connectivity index (χ1v) is 6.24. The van der Waals surface area contributed by atoms with Crippen molar-refractivity contribution >= 4 is 17.1 Å². The average Bonchev–Trinajstić information content (AvgIpc) is 2.96. The van der Waals surface area contributed by atoms with E-state index >= 15 is 0 Å². The number of nitrogens with one attached hydrogen (secondary N) is 1. The third kappa shape index (κ3) is 2.42. The number of anilines is 1. The summed E-state index contributed by atoms with van der Waals surface area (Å²) in [5.74, 6) is 0. The summed E-state index contributed by atoms with van der Waals surface area (Å²) in [7, 11) is 0. The molecule has 2 heterocycles. The Morgan fingerprint density at radius 2 is 2.06 bits per heavy atom. The van der Waals surface area contributed by atoms with E-state index < -0.39 is 0 Å². The van der Waals surface area contributed by atoms with Crippen LogP contribution >= 0.6 is 0 Å². The molecule has 2 aromatic rings. The van der Waals surface area contributed by atoms with Crippen LogP contribution in [0, 0.1) is 0 Å². The predicted octanol–water partition coefficient (Wildman–Crippen LogP) is 2.34. The number of hydrogen-bond donors (Lipinski definition) is 1. The van der Waals surface area contributed by atoms with Gasteiger partial charge in [-0.3, -0.25) is 0 Å². The van der Waals surface area contributed by atoms with Gasteiger partial charge in [-0.25, -0.2) is 0 Å². The van der Waals surface area contributed by atoms with Gasteiger partial charge >= 0.3 is 0 Å². The SMILES string of the molecule is c1ccc2oc(NCCN3CCCC3)nc2c1. The average molecular weight is 231 g/mol. The lowest BCUT2D eigenvalue weighted by Gasteiger charge is -2.13. The first-order chi connectivity index (χ1) is 8.42. The summed E-state index contributed by atoms with van der Waals surface area (Å²) in [5.41, 5.74) is 1.76. The van der Waals surface area contributed by atoms with Gasteiger partial charge in [0.25, 0.3) is 6.01 Å². The molecule has 1 aromatic heterocycles. The fraction of sp³-hybridized carbons (Fsp3) is 0.462. The highest BCUT2D eigenvalue weighted by atomic mass is 16.4. The second-order valence-electron chi connectivity index (χ2n) is 4.46. The van der Waals surface area contributed by atoms with Gasteiger partial charge in [0, 0.05) is 13.1 Å². The minimum absolute atomic E-state index is 0.630. The number of oxazole rings is 1. The molecule has 0 atom stereocenters. The second kappa shape index (κ2) is 4.75. The van der Waals surface area contributed by atoms with E-state index in [2.05, 4.69) is 15.2 Å². The van der Waals surface area contributed by atoms with E-state index in [1.165, 1.54) is 25.9 Å². The number of hydrogen-bond acceptors (Lipinski definition) is 4. The maximum atomic E-state index is 5.59. The maximum Gasteiger partial charge on any atom is 0.295 e. The quantitative estimate of drug-likeness (QED) is 0.877. The zero-order chi connectivity index (χ0) is 11.5. The monoisotopic (exact) mass is 231 g/mol. The molecule has 1 saturated heterocycles. The van der Waals surface area contributed by atoms with Crippen molar-refractivity contribution in [3.63, 3.8) is 0 Å². The summed E-state index contributed by atoms with van der Waals surface area (Å²) in [5, 5.41) is 3.24. The molecule has 0 spiro atoms. The van der Waals surface area contributed by atoms with Gasteiger partial charge in [-0.2, -0.15) is 4.98 Å². The molecule has 1 aliphatic rings. The topological polar surface area (TPSA) is 41.3 Å². The third-order valence-corrected chi connectivity index (χ3v) is 3.20. The molecule has 3 rings (SSSR count). The molecule has 90 valence electrons. The summed E-state index contributed by atoms with van der Waals surface area (Å²) in [6, 6.07) is 8.46. The van der Waals surface area contributed by atoms with Crippen molar-refractivity contribution in [1.29, 1.82) is 0 Å². The minimum atomic E-state index is 0.630. The van der Waals surface area contributed by atoms with Crippen LogP contribution in [0.4, 0.5) is 6.01 Å². The van der Waals surface area contributed by atoms with Crippen LogP contribution in [-0.4, -0.2) is 36.1 Å². The number of aromatic nitrogens is 1. The van der Waals surface area contributed by atoms with Crippen molar-refractivity contribution in [2.75, 3.05) is 31.5 Å². The summed E-state index contributed by atoms with van der Waals surface area (Å²) >= 11 is 0. The van der Waals surface area contributed by atoms with Crippen molar-refractivity contribution in [2.45, 2.75) is 12.8 Å². The molecule has 0 aliphatic carbocycles. The molecular formula is C13H17N3O. The molecular weight excluding hydrogens is 214 g/mol. The number of nitrogens with zero attached hydrogens (tertiary/aromatic N) is 2. The van der Waals surface area contributed by atoms with E-state index in [0.717, 1.165) is 24.2 Å². The highest BCUT2D eigenvalue weighted by molar-refractivity contribution is 5.74. The Labute approximate surface area is 101 Å². The summed E-state index contributed by atoms with van der Waals surface area (Å²) in [4.78, 5) is 6.85. The molecule has 1 N–H and O–H groups in total. The van der Waals surface area contributed by atoms with Crippen molar-refractivity contribution in [2.24, 2.45) is 0 Å². The van der Waals surface area contributed by atoms with Crippen molar-refractivity contribution in [3.8, 4) is 0 Å². The van der Waals surface area contributed by atoms with Gasteiger partial charge in [-0.05, 0) is 38.1 Å². The highest BCUT2D eigenvalue weighted by Gasteiger charge is 2.11. The standard InChI is InChI=1S/C13H17N3O/c1-2-6-12-11(5-1)15-13(17-12)14-7-10-16-8-3-4-9-16/h1-2,5-6H,3-4,7-10H2,(H,14,15). The van der Waals surface area contributed by atoms with Gasteiger partial charge < -0.3 is 14.6 Å². The summed E-state index contributed by atoms with van der Waals surface area (Å²) in [6.45, 7) is 4.43. The van der Waals surface area contributed by atoms with Crippen LogP contribution in [0.25, 0.3) is 11.1 Å². The van der Waals surface area contributed by atoms with Crippen molar-refractivity contribution in [3.05, 3.63) is 24.3 Å². The molecule has 17 heavy (non-hydrogen) atoms. The van der Waals surface area contributed by atoms with Gasteiger partial charge in [0.05, 0.1) is 0 Å². The molecule has 0 bridgehead atoms. The summed E-state index contributed by atoms with van der Waals surface area (Å²) in [6.07, 6.45) is 2.67. The van der Waals surface area contributed by atoms with Gasteiger partial charge in [0.2, 0.25) is 0 Å². The molecule has 4 nitrogen and oxygen atoms in total. The lowest BCUT2D eigenvalue weighted by atomic mass is 10.3. The zero-order valence-electron chi connectivity index (χ0n) is 9.85. The number of rotatable bonds is 4. The number of likely N-dealkylation sites (tertiary alicyclic amines) is 1. The van der Waals surface area contributed by atoms with E-state index in [4.69, 9.17) is 4.42 Å². The maximum absolute atomic E-state index is 5.59. The number of fused-ring (bicyclic) bond motifs is 1. The van der Waals surface area contributed by atoms with Crippen LogP contribution in [0.3, 0.4) is 0 Å². The van der Waals surface area contributed by atoms with Crippen LogP contribution < -0.4 is 5.32 Å². The molecule has 0 radical (unpaired) electrons. The Kier molecular flexibility index (Phi) is 2.96. The van der Waals surface area contributed by atoms with E-state index in [9.17, 15) is 0 Å². The first kappa shape index (κ1) is 10.6. The minimum Gasteiger partial charge on any atom is -0.424 e. The van der Waals surface area contributed by atoms with Crippen LogP contribution in [0.1, 0.15) is 12.8 Å². The largest absolute Gasteiger partial charge is 0.424 e. The molecule has 1 aliphatic heterocycles. The van der Waals surface area contributed by atoms with E-state index in [0.29, 0.717) is 6.01 Å². The van der Waals surface area contributed by atoms with Crippen molar-refractivity contribution in [1.82, 2.24) is 9.88 Å². The van der Waals surface area contributed by atoms with Crippen LogP contribution in [0.15, 0.2) is 28.7 Å².